The van der Waals surface area contributed by atoms with Gasteiger partial charge in [0.25, 0.3) is 0 Å². The van der Waals surface area contributed by atoms with Gasteiger partial charge in [0.1, 0.15) is 6.10 Å². The minimum absolute atomic E-state index is 0.0901. The highest BCUT2D eigenvalue weighted by Crippen LogP contribution is 2.14. The number of aliphatic hydroxyl groups excluding tert-OH is 1. The fourth-order valence-electron chi connectivity index (χ4n) is 0.699. The standard InChI is InChI=1S/C9H20O3/c1-5-9(4,11)8(10)6-12-7(2)3/h7-8,10-11H,5-6H2,1-4H3. The van der Waals surface area contributed by atoms with E-state index in [1.54, 1.807) is 6.92 Å². The van der Waals surface area contributed by atoms with Crippen molar-refractivity contribution in [2.24, 2.45) is 0 Å². The van der Waals surface area contributed by atoms with Crippen LogP contribution in [0.4, 0.5) is 0 Å². The molecule has 0 aliphatic rings. The van der Waals surface area contributed by atoms with E-state index in [9.17, 15) is 10.2 Å². The summed E-state index contributed by atoms with van der Waals surface area (Å²) in [6.45, 7) is 7.43. The fourth-order valence-corrected chi connectivity index (χ4v) is 0.699. The smallest absolute Gasteiger partial charge is 0.106 e. The molecule has 0 saturated carbocycles. The summed E-state index contributed by atoms with van der Waals surface area (Å²) >= 11 is 0. The first-order chi connectivity index (χ1) is 5.40. The SMILES string of the molecule is CCC(C)(O)C(O)COC(C)C. The second kappa shape index (κ2) is 4.80. The molecule has 0 aliphatic carbocycles. The van der Waals surface area contributed by atoms with Gasteiger partial charge in [-0.1, -0.05) is 6.92 Å². The molecule has 0 aliphatic heterocycles. The molecule has 0 heterocycles. The predicted molar refractivity (Wildman–Crippen MR) is 48.0 cm³/mol. The molecule has 74 valence electrons. The van der Waals surface area contributed by atoms with Gasteiger partial charge in [-0.2, -0.15) is 0 Å². The number of rotatable bonds is 5. The van der Waals surface area contributed by atoms with Crippen LogP contribution in [-0.4, -0.2) is 34.6 Å². The molecule has 2 atom stereocenters. The zero-order valence-electron chi connectivity index (χ0n) is 8.37. The van der Waals surface area contributed by atoms with E-state index in [1.807, 2.05) is 20.8 Å². The Kier molecular flexibility index (Phi) is 4.75. The lowest BCUT2D eigenvalue weighted by molar-refractivity contribution is -0.106. The van der Waals surface area contributed by atoms with Crippen molar-refractivity contribution in [2.75, 3.05) is 6.61 Å². The van der Waals surface area contributed by atoms with Gasteiger partial charge in [0.05, 0.1) is 18.3 Å². The van der Waals surface area contributed by atoms with Gasteiger partial charge in [-0.15, -0.1) is 0 Å². The summed E-state index contributed by atoms with van der Waals surface area (Å²) in [5, 5.41) is 19.0. The highest BCUT2D eigenvalue weighted by molar-refractivity contribution is 4.79. The molecule has 2 N–H and O–H groups in total. The highest BCUT2D eigenvalue weighted by atomic mass is 16.5. The van der Waals surface area contributed by atoms with Crippen LogP contribution in [0.5, 0.6) is 0 Å². The minimum atomic E-state index is -1.03. The van der Waals surface area contributed by atoms with Crippen LogP contribution >= 0.6 is 0 Å². The van der Waals surface area contributed by atoms with E-state index >= 15 is 0 Å². The predicted octanol–water partition coefficient (Wildman–Crippen LogP) is 0.933. The Morgan fingerprint density at radius 1 is 1.42 bits per heavy atom. The molecule has 12 heavy (non-hydrogen) atoms. The minimum Gasteiger partial charge on any atom is -0.388 e. The van der Waals surface area contributed by atoms with Gasteiger partial charge in [0.2, 0.25) is 0 Å². The summed E-state index contributed by atoms with van der Waals surface area (Å²) < 4.78 is 5.18. The fraction of sp³-hybridized carbons (Fsp3) is 1.00. The van der Waals surface area contributed by atoms with Gasteiger partial charge >= 0.3 is 0 Å². The van der Waals surface area contributed by atoms with Crippen LogP contribution in [0, 0.1) is 0 Å². The third kappa shape index (κ3) is 4.04. The zero-order valence-corrected chi connectivity index (χ0v) is 8.37. The first kappa shape index (κ1) is 11.9. The molecule has 0 rings (SSSR count). The summed E-state index contributed by atoms with van der Waals surface area (Å²) in [7, 11) is 0. The maximum Gasteiger partial charge on any atom is 0.106 e. The van der Waals surface area contributed by atoms with Crippen LogP contribution in [-0.2, 0) is 4.74 Å². The van der Waals surface area contributed by atoms with Crippen LogP contribution in [0.25, 0.3) is 0 Å². The van der Waals surface area contributed by atoms with Crippen molar-refractivity contribution in [2.45, 2.75) is 51.9 Å². The molecule has 0 amide bonds. The van der Waals surface area contributed by atoms with E-state index in [4.69, 9.17) is 4.74 Å². The summed E-state index contributed by atoms with van der Waals surface area (Å²) in [6.07, 6.45) is -0.187. The molecule has 0 radical (unpaired) electrons. The van der Waals surface area contributed by atoms with Crippen molar-refractivity contribution in [3.8, 4) is 0 Å². The Labute approximate surface area is 74.4 Å². The second-order valence-corrected chi connectivity index (χ2v) is 3.61. The number of hydrogen-bond acceptors (Lipinski definition) is 3. The molecule has 0 aromatic rings. The highest BCUT2D eigenvalue weighted by Gasteiger charge is 2.28. The van der Waals surface area contributed by atoms with E-state index in [1.165, 1.54) is 0 Å². The third-order valence-corrected chi connectivity index (χ3v) is 2.02. The molecule has 2 unspecified atom stereocenters. The largest absolute Gasteiger partial charge is 0.388 e. The van der Waals surface area contributed by atoms with Gasteiger partial charge in [-0.05, 0) is 27.2 Å². The van der Waals surface area contributed by atoms with Crippen LogP contribution in [0.2, 0.25) is 0 Å². The van der Waals surface area contributed by atoms with Gasteiger partial charge in [0, 0.05) is 0 Å². The first-order valence-electron chi connectivity index (χ1n) is 4.42. The van der Waals surface area contributed by atoms with Crippen molar-refractivity contribution >= 4 is 0 Å². The molecular weight excluding hydrogens is 156 g/mol. The first-order valence-corrected chi connectivity index (χ1v) is 4.42. The Morgan fingerprint density at radius 2 is 1.92 bits per heavy atom. The average molecular weight is 176 g/mol. The summed E-state index contributed by atoms with van der Waals surface area (Å²) in [6, 6.07) is 0. The normalized spacial score (nSPS) is 19.2. The van der Waals surface area contributed by atoms with Gasteiger partial charge in [0.15, 0.2) is 0 Å². The van der Waals surface area contributed by atoms with Crippen LogP contribution in [0.3, 0.4) is 0 Å². The van der Waals surface area contributed by atoms with Gasteiger partial charge in [-0.25, -0.2) is 0 Å². The van der Waals surface area contributed by atoms with Gasteiger partial charge < -0.3 is 14.9 Å². The molecule has 3 heteroatoms. The maximum atomic E-state index is 9.57. The maximum absolute atomic E-state index is 9.57. The lowest BCUT2D eigenvalue weighted by Crippen LogP contribution is -2.42. The lowest BCUT2D eigenvalue weighted by atomic mass is 9.97. The Morgan fingerprint density at radius 3 is 2.25 bits per heavy atom. The summed E-state index contributed by atoms with van der Waals surface area (Å²) in [4.78, 5) is 0. The Balaban J connectivity index is 3.78. The van der Waals surface area contributed by atoms with Crippen molar-refractivity contribution in [3.05, 3.63) is 0 Å². The lowest BCUT2D eigenvalue weighted by Gasteiger charge is -2.28. The molecule has 0 aromatic heterocycles. The van der Waals surface area contributed by atoms with Crippen LogP contribution in [0.1, 0.15) is 34.1 Å². The van der Waals surface area contributed by atoms with E-state index in [0.717, 1.165) is 0 Å². The average Bonchev–Trinajstić information content (AvgIpc) is 2.00. The Bertz CT molecular complexity index is 121. The summed E-state index contributed by atoms with van der Waals surface area (Å²) in [5.41, 5.74) is -1.03. The second-order valence-electron chi connectivity index (χ2n) is 3.61. The van der Waals surface area contributed by atoms with Crippen LogP contribution < -0.4 is 0 Å². The van der Waals surface area contributed by atoms with E-state index < -0.39 is 11.7 Å². The molecule has 3 nitrogen and oxygen atoms in total. The van der Waals surface area contributed by atoms with E-state index in [0.29, 0.717) is 6.42 Å². The number of aliphatic hydroxyl groups is 2. The van der Waals surface area contributed by atoms with Crippen molar-refractivity contribution in [1.29, 1.82) is 0 Å². The topological polar surface area (TPSA) is 49.7 Å². The Hall–Kier alpha value is -0.120. The number of hydrogen-bond donors (Lipinski definition) is 2. The third-order valence-electron chi connectivity index (χ3n) is 2.02. The molecule has 0 aromatic carbocycles. The van der Waals surface area contributed by atoms with Crippen molar-refractivity contribution in [3.63, 3.8) is 0 Å². The molecule has 0 saturated heterocycles. The molecule has 0 fully saturated rings. The monoisotopic (exact) mass is 176 g/mol. The van der Waals surface area contributed by atoms with Crippen molar-refractivity contribution in [1.82, 2.24) is 0 Å². The molecular formula is C9H20O3. The molecule has 0 spiro atoms. The van der Waals surface area contributed by atoms with Crippen molar-refractivity contribution < 1.29 is 14.9 Å². The number of ether oxygens (including phenoxy) is 1. The van der Waals surface area contributed by atoms with E-state index in [2.05, 4.69) is 0 Å². The molecule has 0 bridgehead atoms. The van der Waals surface area contributed by atoms with Crippen LogP contribution in [0.15, 0.2) is 0 Å². The zero-order chi connectivity index (χ0) is 9.78. The van der Waals surface area contributed by atoms with Gasteiger partial charge in [-0.3, -0.25) is 0 Å². The summed E-state index contributed by atoms with van der Waals surface area (Å²) in [5.74, 6) is 0. The quantitative estimate of drug-likeness (QED) is 0.655. The van der Waals surface area contributed by atoms with E-state index in [-0.39, 0.29) is 12.7 Å².